The zero-order chi connectivity index (χ0) is 21.3. The highest BCUT2D eigenvalue weighted by Crippen LogP contribution is 2.34. The number of carbonyl (C=O) groups is 2. The molecule has 2 unspecified atom stereocenters. The molecule has 1 aliphatic carbocycles. The maximum Gasteiger partial charge on any atom is 0.411 e. The first kappa shape index (κ1) is 21.3. The molecule has 1 saturated carbocycles. The van der Waals surface area contributed by atoms with Crippen molar-refractivity contribution in [3.05, 3.63) is 48.5 Å². The molecule has 0 radical (unpaired) electrons. The highest BCUT2D eigenvalue weighted by molar-refractivity contribution is 5.91. The number of rotatable bonds is 6. The first-order valence-electron chi connectivity index (χ1n) is 9.90. The van der Waals surface area contributed by atoms with E-state index in [1.165, 1.54) is 14.2 Å². The van der Waals surface area contributed by atoms with E-state index in [0.717, 1.165) is 19.3 Å². The molecule has 0 bridgehead atoms. The number of hydrogen-bond acceptors (Lipinski definition) is 5. The Hall–Kier alpha value is -3.42. The van der Waals surface area contributed by atoms with Gasteiger partial charge in [-0.15, -0.1) is 0 Å². The lowest BCUT2D eigenvalue weighted by Crippen LogP contribution is -2.43. The van der Waals surface area contributed by atoms with E-state index in [9.17, 15) is 9.59 Å². The zero-order valence-corrected chi connectivity index (χ0v) is 17.1. The molecule has 30 heavy (non-hydrogen) atoms. The lowest BCUT2D eigenvalue weighted by atomic mass is 9.93. The van der Waals surface area contributed by atoms with Crippen LogP contribution in [-0.2, 0) is 4.74 Å². The van der Waals surface area contributed by atoms with Crippen molar-refractivity contribution in [2.24, 2.45) is 0 Å². The predicted molar refractivity (Wildman–Crippen MR) is 114 cm³/mol. The van der Waals surface area contributed by atoms with Gasteiger partial charge in [0.05, 0.1) is 19.9 Å². The molecule has 8 heteroatoms. The summed E-state index contributed by atoms with van der Waals surface area (Å²) in [7, 11) is 3.06. The Bertz CT molecular complexity index is 859. The van der Waals surface area contributed by atoms with Gasteiger partial charge in [0, 0.05) is 18.2 Å². The number of anilines is 2. The number of carbonyl (C=O) groups excluding carboxylic acids is 2. The molecule has 2 aromatic carbocycles. The second kappa shape index (κ2) is 10.4. The first-order valence-corrected chi connectivity index (χ1v) is 9.90. The SMILES string of the molecule is COc1cccc(NC(=O)NC2CCCC(OC(=O)Nc3ccccc3)C2)c1OC. The molecule has 1 aliphatic rings. The molecule has 2 atom stereocenters. The van der Waals surface area contributed by atoms with Crippen LogP contribution in [0, 0.1) is 0 Å². The summed E-state index contributed by atoms with van der Waals surface area (Å²) in [6, 6.07) is 14.0. The maximum atomic E-state index is 12.5. The third kappa shape index (κ3) is 5.79. The fraction of sp³-hybridized carbons (Fsp3) is 0.364. The molecule has 3 amide bonds. The molecule has 0 spiro atoms. The monoisotopic (exact) mass is 413 g/mol. The molecular formula is C22H27N3O5. The van der Waals surface area contributed by atoms with Crippen LogP contribution >= 0.6 is 0 Å². The van der Waals surface area contributed by atoms with Gasteiger partial charge in [-0.2, -0.15) is 0 Å². The van der Waals surface area contributed by atoms with E-state index in [1.54, 1.807) is 30.3 Å². The summed E-state index contributed by atoms with van der Waals surface area (Å²) in [6.07, 6.45) is 2.27. The van der Waals surface area contributed by atoms with E-state index >= 15 is 0 Å². The molecule has 0 saturated heterocycles. The Kier molecular flexibility index (Phi) is 7.37. The van der Waals surface area contributed by atoms with Crippen molar-refractivity contribution >= 4 is 23.5 Å². The Balaban J connectivity index is 1.51. The van der Waals surface area contributed by atoms with Gasteiger partial charge < -0.3 is 24.8 Å². The molecule has 8 nitrogen and oxygen atoms in total. The topological polar surface area (TPSA) is 97.9 Å². The highest BCUT2D eigenvalue weighted by atomic mass is 16.6. The van der Waals surface area contributed by atoms with Crippen molar-refractivity contribution in [1.29, 1.82) is 0 Å². The third-order valence-corrected chi connectivity index (χ3v) is 4.91. The van der Waals surface area contributed by atoms with E-state index < -0.39 is 6.09 Å². The van der Waals surface area contributed by atoms with Crippen molar-refractivity contribution in [3.8, 4) is 11.5 Å². The average Bonchev–Trinajstić information content (AvgIpc) is 2.74. The summed E-state index contributed by atoms with van der Waals surface area (Å²) in [5, 5.41) is 8.46. The van der Waals surface area contributed by atoms with Gasteiger partial charge in [-0.05, 0) is 43.5 Å². The van der Waals surface area contributed by atoms with Crippen molar-refractivity contribution < 1.29 is 23.8 Å². The number of hydrogen-bond donors (Lipinski definition) is 3. The van der Waals surface area contributed by atoms with Gasteiger partial charge >= 0.3 is 12.1 Å². The normalized spacial score (nSPS) is 18.1. The lowest BCUT2D eigenvalue weighted by Gasteiger charge is -2.29. The number of amides is 3. The van der Waals surface area contributed by atoms with Gasteiger partial charge in [-0.3, -0.25) is 5.32 Å². The first-order chi connectivity index (χ1) is 14.6. The highest BCUT2D eigenvalue weighted by Gasteiger charge is 2.26. The fourth-order valence-electron chi connectivity index (χ4n) is 3.53. The molecule has 2 aromatic rings. The maximum absolute atomic E-state index is 12.5. The quantitative estimate of drug-likeness (QED) is 0.653. The van der Waals surface area contributed by atoms with Crippen LogP contribution in [0.15, 0.2) is 48.5 Å². The van der Waals surface area contributed by atoms with E-state index in [-0.39, 0.29) is 18.2 Å². The molecule has 0 heterocycles. The number of para-hydroxylation sites is 2. The number of ether oxygens (including phenoxy) is 3. The van der Waals surface area contributed by atoms with Crippen LogP contribution in [0.25, 0.3) is 0 Å². The Morgan fingerprint density at radius 2 is 1.73 bits per heavy atom. The van der Waals surface area contributed by atoms with E-state index in [0.29, 0.717) is 29.3 Å². The summed E-state index contributed by atoms with van der Waals surface area (Å²) in [6.45, 7) is 0. The molecule has 1 fully saturated rings. The number of methoxy groups -OCH3 is 2. The van der Waals surface area contributed by atoms with Crippen LogP contribution < -0.4 is 25.4 Å². The third-order valence-electron chi connectivity index (χ3n) is 4.91. The van der Waals surface area contributed by atoms with Crippen molar-refractivity contribution in [1.82, 2.24) is 5.32 Å². The molecule has 160 valence electrons. The number of benzene rings is 2. The molecule has 0 aliphatic heterocycles. The van der Waals surface area contributed by atoms with Gasteiger partial charge in [0.2, 0.25) is 0 Å². The zero-order valence-electron chi connectivity index (χ0n) is 17.1. The van der Waals surface area contributed by atoms with Crippen molar-refractivity contribution in [2.75, 3.05) is 24.9 Å². The van der Waals surface area contributed by atoms with Crippen LogP contribution in [0.2, 0.25) is 0 Å². The van der Waals surface area contributed by atoms with Gasteiger partial charge in [-0.25, -0.2) is 9.59 Å². The molecule has 3 rings (SSSR count). The number of urea groups is 1. The Morgan fingerprint density at radius 3 is 2.47 bits per heavy atom. The second-order valence-corrected chi connectivity index (χ2v) is 7.02. The second-order valence-electron chi connectivity index (χ2n) is 7.02. The van der Waals surface area contributed by atoms with E-state index in [2.05, 4.69) is 16.0 Å². The largest absolute Gasteiger partial charge is 0.493 e. The lowest BCUT2D eigenvalue weighted by molar-refractivity contribution is 0.0779. The van der Waals surface area contributed by atoms with Crippen LogP contribution in [0.4, 0.5) is 21.0 Å². The smallest absolute Gasteiger partial charge is 0.411 e. The minimum Gasteiger partial charge on any atom is -0.493 e. The summed E-state index contributed by atoms with van der Waals surface area (Å²) >= 11 is 0. The fourth-order valence-corrected chi connectivity index (χ4v) is 3.53. The van der Waals surface area contributed by atoms with Gasteiger partial charge in [0.25, 0.3) is 0 Å². The van der Waals surface area contributed by atoms with E-state index in [4.69, 9.17) is 14.2 Å². The van der Waals surface area contributed by atoms with Crippen molar-refractivity contribution in [2.45, 2.75) is 37.8 Å². The number of nitrogens with one attached hydrogen (secondary N) is 3. The van der Waals surface area contributed by atoms with Crippen LogP contribution in [0.3, 0.4) is 0 Å². The minimum atomic E-state index is -0.489. The minimum absolute atomic E-state index is 0.0927. The molecular weight excluding hydrogens is 386 g/mol. The standard InChI is InChI=1S/C22H27N3O5/c1-28-19-13-7-12-18(20(19)29-2)25-21(26)23-16-10-6-11-17(14-16)30-22(27)24-15-8-4-3-5-9-15/h3-5,7-9,12-13,16-17H,6,10-11,14H2,1-2H3,(H,24,27)(H2,23,25,26). The van der Waals surface area contributed by atoms with Gasteiger partial charge in [0.1, 0.15) is 6.10 Å². The average molecular weight is 413 g/mol. The van der Waals surface area contributed by atoms with Crippen LogP contribution in [0.5, 0.6) is 11.5 Å². The van der Waals surface area contributed by atoms with Crippen molar-refractivity contribution in [3.63, 3.8) is 0 Å². The predicted octanol–water partition coefficient (Wildman–Crippen LogP) is 4.39. The summed E-state index contributed by atoms with van der Waals surface area (Å²) < 4.78 is 16.1. The van der Waals surface area contributed by atoms with E-state index in [1.807, 2.05) is 18.2 Å². The summed E-state index contributed by atoms with van der Waals surface area (Å²) in [5.41, 5.74) is 1.19. The van der Waals surface area contributed by atoms with Gasteiger partial charge in [0.15, 0.2) is 11.5 Å². The van der Waals surface area contributed by atoms with Gasteiger partial charge in [-0.1, -0.05) is 24.3 Å². The summed E-state index contributed by atoms with van der Waals surface area (Å²) in [4.78, 5) is 24.6. The Labute approximate surface area is 175 Å². The molecule has 3 N–H and O–H groups in total. The molecule has 0 aromatic heterocycles. The Morgan fingerprint density at radius 1 is 0.933 bits per heavy atom. The summed E-state index contributed by atoms with van der Waals surface area (Å²) in [5.74, 6) is 0.989. The van der Waals surface area contributed by atoms with Crippen LogP contribution in [-0.4, -0.2) is 38.5 Å². The van der Waals surface area contributed by atoms with Crippen LogP contribution in [0.1, 0.15) is 25.7 Å².